The Morgan fingerprint density at radius 1 is 1.17 bits per heavy atom. The molecule has 0 amide bonds. The molecule has 0 aromatic rings. The van der Waals surface area contributed by atoms with Gasteiger partial charge in [0.15, 0.2) is 0 Å². The van der Waals surface area contributed by atoms with Crippen LogP contribution in [0, 0.1) is 0 Å². The van der Waals surface area contributed by atoms with Gasteiger partial charge in [-0.2, -0.15) is 0 Å². The van der Waals surface area contributed by atoms with Crippen molar-refractivity contribution in [2.45, 2.75) is 0 Å². The van der Waals surface area contributed by atoms with E-state index in [9.17, 15) is 4.79 Å². The Bertz CT molecular complexity index is 474. The van der Waals surface area contributed by atoms with Gasteiger partial charge in [-0.1, -0.05) is 23.5 Å². The van der Waals surface area contributed by atoms with E-state index in [4.69, 9.17) is 14.2 Å². The number of carbonyl (C=O) groups excluding carboxylic acids is 1. The molecular weight excluding hydrogens is 312 g/mol. The molecule has 0 atom stereocenters. The lowest BCUT2D eigenvalue weighted by molar-refractivity contribution is -0.135. The second-order valence-electron chi connectivity index (χ2n) is 3.24. The van der Waals surface area contributed by atoms with Crippen LogP contribution in [0.25, 0.3) is 0 Å². The molecule has 0 saturated carbocycles. The van der Waals surface area contributed by atoms with E-state index in [1.807, 2.05) is 5.41 Å². The van der Waals surface area contributed by atoms with Gasteiger partial charge in [-0.3, -0.25) is 0 Å². The molecule has 0 fully saturated rings. The third-order valence-corrected chi connectivity index (χ3v) is 7.37. The first-order valence-electron chi connectivity index (χ1n) is 5.01. The first kappa shape index (κ1) is 12.7. The molecule has 0 N–H and O–H groups in total. The fourth-order valence-electron chi connectivity index (χ4n) is 1.34. The van der Waals surface area contributed by atoms with Crippen molar-refractivity contribution < 1.29 is 19.0 Å². The number of hydrogen-bond donors (Lipinski definition) is 0. The Balaban J connectivity index is 1.71. The van der Waals surface area contributed by atoms with Gasteiger partial charge in [-0.15, -0.1) is 0 Å². The van der Waals surface area contributed by atoms with Crippen molar-refractivity contribution in [3.05, 3.63) is 29.0 Å². The van der Waals surface area contributed by atoms with Crippen molar-refractivity contribution in [2.75, 3.05) is 20.3 Å². The SMILES string of the molecule is COC(=O)C1=CSC(=C2SC3=C(OCCO3)S2)S1. The van der Waals surface area contributed by atoms with Crippen LogP contribution in [0.4, 0.5) is 0 Å². The zero-order valence-corrected chi connectivity index (χ0v) is 12.5. The third-order valence-electron chi connectivity index (χ3n) is 2.12. The van der Waals surface area contributed by atoms with E-state index in [1.54, 1.807) is 23.5 Å². The summed E-state index contributed by atoms with van der Waals surface area (Å²) < 4.78 is 17.9. The van der Waals surface area contributed by atoms with Gasteiger partial charge in [0.25, 0.3) is 0 Å². The second-order valence-corrected chi connectivity index (χ2v) is 7.66. The summed E-state index contributed by atoms with van der Waals surface area (Å²) in [6, 6.07) is 0. The number of rotatable bonds is 1. The number of hydrogen-bond acceptors (Lipinski definition) is 8. The Hall–Kier alpha value is -0.310. The average Bonchev–Trinajstić information content (AvgIpc) is 3.03. The predicted molar refractivity (Wildman–Crippen MR) is 76.4 cm³/mol. The lowest BCUT2D eigenvalue weighted by Crippen LogP contribution is -2.08. The minimum atomic E-state index is -0.290. The van der Waals surface area contributed by atoms with Crippen molar-refractivity contribution in [1.29, 1.82) is 0 Å². The first-order valence-corrected chi connectivity index (χ1v) is 8.33. The van der Waals surface area contributed by atoms with E-state index < -0.39 is 0 Å². The van der Waals surface area contributed by atoms with E-state index in [0.717, 1.165) is 18.7 Å². The van der Waals surface area contributed by atoms with Crippen LogP contribution in [0.2, 0.25) is 0 Å². The quantitative estimate of drug-likeness (QED) is 0.682. The summed E-state index contributed by atoms with van der Waals surface area (Å²) in [4.78, 5) is 12.0. The van der Waals surface area contributed by atoms with E-state index in [1.165, 1.54) is 30.6 Å². The van der Waals surface area contributed by atoms with Crippen LogP contribution < -0.4 is 0 Å². The maximum atomic E-state index is 11.4. The molecule has 0 saturated heterocycles. The van der Waals surface area contributed by atoms with Crippen LogP contribution in [0.3, 0.4) is 0 Å². The zero-order valence-electron chi connectivity index (χ0n) is 9.26. The third kappa shape index (κ3) is 2.38. The van der Waals surface area contributed by atoms with E-state index >= 15 is 0 Å². The minimum absolute atomic E-state index is 0.290. The van der Waals surface area contributed by atoms with Gasteiger partial charge in [0.1, 0.15) is 18.1 Å². The lowest BCUT2D eigenvalue weighted by atomic mass is 10.6. The molecule has 3 aliphatic rings. The summed E-state index contributed by atoms with van der Waals surface area (Å²) in [6.45, 7) is 1.20. The Morgan fingerprint density at radius 3 is 2.44 bits per heavy atom. The molecule has 0 aliphatic carbocycles. The Labute approximate surface area is 121 Å². The van der Waals surface area contributed by atoms with Gasteiger partial charge in [0.05, 0.1) is 15.6 Å². The summed E-state index contributed by atoms with van der Waals surface area (Å²) in [6.07, 6.45) is 0. The van der Waals surface area contributed by atoms with Crippen molar-refractivity contribution >= 4 is 53.0 Å². The Kier molecular flexibility index (Phi) is 3.78. The molecule has 0 aromatic heterocycles. The highest BCUT2D eigenvalue weighted by Gasteiger charge is 2.32. The molecule has 0 aromatic carbocycles. The molecule has 0 radical (unpaired) electrons. The van der Waals surface area contributed by atoms with Crippen molar-refractivity contribution in [1.82, 2.24) is 0 Å². The summed E-state index contributed by atoms with van der Waals surface area (Å²) in [5, 5.41) is 3.49. The number of thioether (sulfide) groups is 4. The van der Waals surface area contributed by atoms with E-state index in [0.29, 0.717) is 18.1 Å². The molecule has 18 heavy (non-hydrogen) atoms. The van der Waals surface area contributed by atoms with Gasteiger partial charge in [0, 0.05) is 0 Å². The smallest absolute Gasteiger partial charge is 0.345 e. The van der Waals surface area contributed by atoms with Crippen molar-refractivity contribution in [3.8, 4) is 0 Å². The number of methoxy groups -OCH3 is 1. The van der Waals surface area contributed by atoms with Gasteiger partial charge < -0.3 is 14.2 Å². The standard InChI is InChI=1S/C10H8O4S4/c1-12-6(11)5-4-15-9(16-5)10-17-7-8(18-10)14-3-2-13-7/h4H,2-3H2,1H3. The molecule has 4 nitrogen and oxygen atoms in total. The number of ether oxygens (including phenoxy) is 3. The highest BCUT2D eigenvalue weighted by molar-refractivity contribution is 8.34. The monoisotopic (exact) mass is 320 g/mol. The van der Waals surface area contributed by atoms with Crippen LogP contribution in [0.5, 0.6) is 0 Å². The van der Waals surface area contributed by atoms with Crippen LogP contribution in [0.15, 0.2) is 29.0 Å². The molecule has 3 rings (SSSR count). The lowest BCUT2D eigenvalue weighted by Gasteiger charge is -2.13. The van der Waals surface area contributed by atoms with Crippen LogP contribution in [-0.4, -0.2) is 26.3 Å². The van der Waals surface area contributed by atoms with E-state index in [2.05, 4.69) is 0 Å². The van der Waals surface area contributed by atoms with Crippen LogP contribution >= 0.6 is 47.0 Å². The topological polar surface area (TPSA) is 44.8 Å². The highest BCUT2D eigenvalue weighted by atomic mass is 32.2. The molecule has 0 spiro atoms. The van der Waals surface area contributed by atoms with E-state index in [-0.39, 0.29) is 5.97 Å². The molecule has 0 unspecified atom stereocenters. The summed E-state index contributed by atoms with van der Waals surface area (Å²) in [5.74, 6) is -0.290. The highest BCUT2D eigenvalue weighted by Crippen LogP contribution is 2.58. The van der Waals surface area contributed by atoms with Crippen LogP contribution in [0.1, 0.15) is 0 Å². The summed E-state index contributed by atoms with van der Waals surface area (Å²) in [7, 11) is 1.39. The maximum absolute atomic E-state index is 11.4. The largest absolute Gasteiger partial charge is 0.480 e. The summed E-state index contributed by atoms with van der Waals surface area (Å²) >= 11 is 6.10. The predicted octanol–water partition coefficient (Wildman–Crippen LogP) is 3.26. The zero-order chi connectivity index (χ0) is 12.5. The molecule has 3 heterocycles. The molecular formula is C10H8O4S4. The maximum Gasteiger partial charge on any atom is 0.345 e. The second kappa shape index (κ2) is 5.36. The van der Waals surface area contributed by atoms with Gasteiger partial charge in [-0.05, 0) is 28.9 Å². The van der Waals surface area contributed by atoms with Gasteiger partial charge in [-0.25, -0.2) is 4.79 Å². The fourth-order valence-corrected chi connectivity index (χ4v) is 6.12. The van der Waals surface area contributed by atoms with Crippen molar-refractivity contribution in [3.63, 3.8) is 0 Å². The molecule has 8 heteroatoms. The molecule has 0 bridgehead atoms. The normalized spacial score (nSPS) is 22.4. The minimum Gasteiger partial charge on any atom is -0.480 e. The molecule has 96 valence electrons. The first-order chi connectivity index (χ1) is 8.78. The van der Waals surface area contributed by atoms with Crippen LogP contribution in [-0.2, 0) is 19.0 Å². The Morgan fingerprint density at radius 2 is 1.83 bits per heavy atom. The summed E-state index contributed by atoms with van der Waals surface area (Å²) in [5.41, 5.74) is 0. The number of esters is 1. The fraction of sp³-hybridized carbons (Fsp3) is 0.300. The average molecular weight is 320 g/mol. The van der Waals surface area contributed by atoms with Crippen molar-refractivity contribution in [2.24, 2.45) is 0 Å². The van der Waals surface area contributed by atoms with Gasteiger partial charge >= 0.3 is 5.97 Å². The molecule has 3 aliphatic heterocycles. The number of carbonyl (C=O) groups is 1. The van der Waals surface area contributed by atoms with Gasteiger partial charge in [0.2, 0.25) is 10.2 Å².